The van der Waals surface area contributed by atoms with Crippen LogP contribution in [0.15, 0.2) is 48.7 Å². The highest BCUT2D eigenvalue weighted by atomic mass is 16.2. The number of nitrogens with one attached hydrogen (secondary N) is 1. The summed E-state index contributed by atoms with van der Waals surface area (Å²) >= 11 is 0. The third-order valence-electron chi connectivity index (χ3n) is 4.96. The molecule has 0 bridgehead atoms. The lowest BCUT2D eigenvalue weighted by atomic mass is 9.99. The Morgan fingerprint density at radius 1 is 1.15 bits per heavy atom. The Morgan fingerprint density at radius 2 is 1.85 bits per heavy atom. The highest BCUT2D eigenvalue weighted by molar-refractivity contribution is 5.98. The summed E-state index contributed by atoms with van der Waals surface area (Å²) in [6, 6.07) is 12.9. The van der Waals surface area contributed by atoms with E-state index in [1.165, 1.54) is 6.20 Å². The van der Waals surface area contributed by atoms with Gasteiger partial charge in [-0.05, 0) is 43.4 Å². The number of hydrogen-bond acceptors (Lipinski definition) is 3. The molecule has 0 saturated carbocycles. The number of rotatable bonds is 4. The first-order valence-corrected chi connectivity index (χ1v) is 9.15. The predicted molar refractivity (Wildman–Crippen MR) is 101 cm³/mol. The van der Waals surface area contributed by atoms with E-state index in [2.05, 4.69) is 17.2 Å². The summed E-state index contributed by atoms with van der Waals surface area (Å²) in [5.41, 5.74) is 1.82. The maximum atomic E-state index is 12.7. The van der Waals surface area contributed by atoms with Crippen LogP contribution in [0.1, 0.15) is 59.1 Å². The number of likely N-dealkylation sites (tertiary alicyclic amines) is 1. The molecule has 5 heteroatoms. The van der Waals surface area contributed by atoms with Crippen molar-refractivity contribution in [3.05, 3.63) is 65.5 Å². The van der Waals surface area contributed by atoms with E-state index < -0.39 is 0 Å². The summed E-state index contributed by atoms with van der Waals surface area (Å²) in [6.45, 7) is 5.65. The van der Waals surface area contributed by atoms with E-state index >= 15 is 0 Å². The van der Waals surface area contributed by atoms with Gasteiger partial charge in [0.15, 0.2) is 0 Å². The molecule has 136 valence electrons. The van der Waals surface area contributed by atoms with Crippen LogP contribution in [-0.4, -0.2) is 34.8 Å². The minimum Gasteiger partial charge on any atom is -0.346 e. The molecule has 1 aromatic carbocycles. The van der Waals surface area contributed by atoms with E-state index in [1.54, 1.807) is 12.1 Å². The predicted octanol–water partition coefficient (Wildman–Crippen LogP) is 3.44. The van der Waals surface area contributed by atoms with Crippen molar-refractivity contribution in [1.82, 2.24) is 15.2 Å². The normalized spacial score (nSPS) is 16.2. The van der Waals surface area contributed by atoms with Crippen LogP contribution in [0.2, 0.25) is 0 Å². The van der Waals surface area contributed by atoms with Gasteiger partial charge in [-0.15, -0.1) is 0 Å². The first kappa shape index (κ1) is 18.1. The molecule has 3 rings (SSSR count). The Labute approximate surface area is 154 Å². The number of nitrogens with zero attached hydrogens (tertiary/aromatic N) is 2. The molecule has 1 unspecified atom stereocenters. The van der Waals surface area contributed by atoms with Gasteiger partial charge in [-0.1, -0.05) is 37.3 Å². The van der Waals surface area contributed by atoms with Crippen molar-refractivity contribution in [1.29, 1.82) is 0 Å². The molecule has 1 saturated heterocycles. The molecular formula is C21H25N3O2. The van der Waals surface area contributed by atoms with Gasteiger partial charge in [0.05, 0.1) is 6.04 Å². The first-order valence-electron chi connectivity index (χ1n) is 9.15. The van der Waals surface area contributed by atoms with Crippen LogP contribution in [0.4, 0.5) is 0 Å². The zero-order valence-electron chi connectivity index (χ0n) is 15.3. The van der Waals surface area contributed by atoms with Gasteiger partial charge in [-0.3, -0.25) is 14.6 Å². The smallest absolute Gasteiger partial charge is 0.272 e. The van der Waals surface area contributed by atoms with Crippen molar-refractivity contribution < 1.29 is 9.59 Å². The number of pyridine rings is 1. The molecule has 1 aliphatic heterocycles. The molecule has 0 spiro atoms. The zero-order chi connectivity index (χ0) is 18.5. The van der Waals surface area contributed by atoms with Gasteiger partial charge in [-0.2, -0.15) is 0 Å². The summed E-state index contributed by atoms with van der Waals surface area (Å²) in [5.74, 6) is 0.358. The summed E-state index contributed by atoms with van der Waals surface area (Å²) in [6.07, 6.45) is 3.56. The number of piperidine rings is 1. The second-order valence-corrected chi connectivity index (χ2v) is 7.01. The van der Waals surface area contributed by atoms with Crippen LogP contribution in [0.25, 0.3) is 0 Å². The quantitative estimate of drug-likeness (QED) is 0.918. The summed E-state index contributed by atoms with van der Waals surface area (Å²) in [5, 5.41) is 2.97. The van der Waals surface area contributed by atoms with Crippen LogP contribution >= 0.6 is 0 Å². The number of benzene rings is 1. The average Bonchev–Trinajstić information content (AvgIpc) is 2.68. The van der Waals surface area contributed by atoms with Crippen molar-refractivity contribution in [2.24, 2.45) is 5.92 Å². The molecule has 26 heavy (non-hydrogen) atoms. The number of aromatic nitrogens is 1. The van der Waals surface area contributed by atoms with Crippen molar-refractivity contribution in [3.8, 4) is 0 Å². The molecule has 2 amide bonds. The van der Waals surface area contributed by atoms with Crippen molar-refractivity contribution in [2.45, 2.75) is 32.7 Å². The Bertz CT molecular complexity index is 768. The molecule has 2 heterocycles. The van der Waals surface area contributed by atoms with Crippen molar-refractivity contribution >= 4 is 11.8 Å². The monoisotopic (exact) mass is 351 g/mol. The second kappa shape index (κ2) is 8.13. The van der Waals surface area contributed by atoms with Crippen molar-refractivity contribution in [2.75, 3.05) is 13.1 Å². The Kier molecular flexibility index (Phi) is 5.66. The van der Waals surface area contributed by atoms with Gasteiger partial charge in [0.1, 0.15) is 5.69 Å². The lowest BCUT2D eigenvalue weighted by Crippen LogP contribution is -2.38. The molecule has 0 radical (unpaired) electrons. The second-order valence-electron chi connectivity index (χ2n) is 7.01. The number of carbonyl (C=O) groups is 2. The maximum Gasteiger partial charge on any atom is 0.272 e. The molecule has 0 aliphatic carbocycles. The lowest BCUT2D eigenvalue weighted by Gasteiger charge is -2.30. The lowest BCUT2D eigenvalue weighted by molar-refractivity contribution is 0.0691. The van der Waals surface area contributed by atoms with Gasteiger partial charge in [0.25, 0.3) is 11.8 Å². The molecule has 1 N–H and O–H groups in total. The van der Waals surface area contributed by atoms with Gasteiger partial charge >= 0.3 is 0 Å². The highest BCUT2D eigenvalue weighted by Crippen LogP contribution is 2.18. The van der Waals surface area contributed by atoms with Gasteiger partial charge in [-0.25, -0.2) is 0 Å². The van der Waals surface area contributed by atoms with Crippen LogP contribution in [0.5, 0.6) is 0 Å². The Hall–Kier alpha value is -2.69. The van der Waals surface area contributed by atoms with E-state index in [9.17, 15) is 9.59 Å². The van der Waals surface area contributed by atoms with Gasteiger partial charge in [0.2, 0.25) is 0 Å². The minimum atomic E-state index is -0.204. The fraction of sp³-hybridized carbons (Fsp3) is 0.381. The van der Waals surface area contributed by atoms with E-state index in [0.717, 1.165) is 31.5 Å². The van der Waals surface area contributed by atoms with E-state index in [4.69, 9.17) is 0 Å². The largest absolute Gasteiger partial charge is 0.346 e. The summed E-state index contributed by atoms with van der Waals surface area (Å²) in [7, 11) is 0. The van der Waals surface area contributed by atoms with Gasteiger partial charge < -0.3 is 10.2 Å². The van der Waals surface area contributed by atoms with Crippen LogP contribution in [0.3, 0.4) is 0 Å². The molecule has 1 fully saturated rings. The van der Waals surface area contributed by atoms with E-state index in [-0.39, 0.29) is 17.9 Å². The third-order valence-corrected chi connectivity index (χ3v) is 4.96. The number of hydrogen-bond donors (Lipinski definition) is 1. The van der Waals surface area contributed by atoms with Crippen molar-refractivity contribution in [3.63, 3.8) is 0 Å². The van der Waals surface area contributed by atoms with Crippen LogP contribution in [-0.2, 0) is 0 Å². The average molecular weight is 351 g/mol. The Morgan fingerprint density at radius 3 is 2.54 bits per heavy atom. The first-order chi connectivity index (χ1) is 12.5. The molecule has 1 aromatic heterocycles. The standard InChI is InChI=1S/C21H25N3O2/c1-15-9-12-24(13-10-15)21(26)19-14-18(8-11-22-19)20(25)23-16(2)17-6-4-3-5-7-17/h3-8,11,14-16H,9-10,12-13H2,1-2H3,(H,23,25). The molecule has 1 aliphatic rings. The third kappa shape index (κ3) is 4.28. The van der Waals surface area contributed by atoms with E-state index in [0.29, 0.717) is 17.2 Å². The fourth-order valence-corrected chi connectivity index (χ4v) is 3.17. The van der Waals surface area contributed by atoms with Crippen LogP contribution in [0, 0.1) is 5.92 Å². The molecule has 2 aromatic rings. The summed E-state index contributed by atoms with van der Waals surface area (Å²) in [4.78, 5) is 31.2. The maximum absolute atomic E-state index is 12.7. The SMILES string of the molecule is CC1CCN(C(=O)c2cc(C(=O)NC(C)c3ccccc3)ccn2)CC1. The minimum absolute atomic E-state index is 0.0948. The van der Waals surface area contributed by atoms with Gasteiger partial charge in [0, 0.05) is 24.8 Å². The molecular weight excluding hydrogens is 326 g/mol. The number of amides is 2. The molecule has 1 atom stereocenters. The zero-order valence-corrected chi connectivity index (χ0v) is 15.3. The highest BCUT2D eigenvalue weighted by Gasteiger charge is 2.23. The molecule has 5 nitrogen and oxygen atoms in total. The Balaban J connectivity index is 1.68. The topological polar surface area (TPSA) is 62.3 Å². The number of carbonyl (C=O) groups excluding carboxylic acids is 2. The summed E-state index contributed by atoms with van der Waals surface area (Å²) < 4.78 is 0. The fourth-order valence-electron chi connectivity index (χ4n) is 3.17. The van der Waals surface area contributed by atoms with E-state index in [1.807, 2.05) is 42.2 Å². The van der Waals surface area contributed by atoms with Crippen LogP contribution < -0.4 is 5.32 Å².